The van der Waals surface area contributed by atoms with Crippen LogP contribution in [0.25, 0.3) is 0 Å². The first-order chi connectivity index (χ1) is 10.1. The molecule has 3 rings (SSSR count). The van der Waals surface area contributed by atoms with Gasteiger partial charge in [0.1, 0.15) is 6.10 Å². The Hall–Kier alpha value is -1.65. The number of carbonyl (C=O) groups is 1. The topological polar surface area (TPSA) is 64.1 Å². The Bertz CT molecular complexity index is 500. The molecule has 2 aliphatic rings. The molecule has 5 nitrogen and oxygen atoms in total. The summed E-state index contributed by atoms with van der Waals surface area (Å²) in [7, 11) is 0. The number of amides is 1. The Morgan fingerprint density at radius 3 is 2.29 bits per heavy atom. The van der Waals surface area contributed by atoms with Crippen LogP contribution in [0.2, 0.25) is 0 Å². The number of aryl methyl sites for hydroxylation is 2. The van der Waals surface area contributed by atoms with Crippen molar-refractivity contribution in [3.05, 3.63) is 17.5 Å². The van der Waals surface area contributed by atoms with E-state index >= 15 is 0 Å². The average molecular weight is 289 g/mol. The number of hydrogen-bond donors (Lipinski definition) is 1. The first-order valence-electron chi connectivity index (χ1n) is 7.89. The normalized spacial score (nSPS) is 25.4. The van der Waals surface area contributed by atoms with Crippen LogP contribution in [-0.2, 0) is 4.79 Å². The zero-order chi connectivity index (χ0) is 14.8. The van der Waals surface area contributed by atoms with Crippen LogP contribution in [0, 0.1) is 19.8 Å². The fourth-order valence-corrected chi connectivity index (χ4v) is 2.88. The van der Waals surface area contributed by atoms with Crippen LogP contribution >= 0.6 is 0 Å². The smallest absolute Gasteiger partial charge is 0.317 e. The van der Waals surface area contributed by atoms with Crippen LogP contribution in [0.15, 0.2) is 6.07 Å². The summed E-state index contributed by atoms with van der Waals surface area (Å²) in [5, 5.41) is 3.16. The van der Waals surface area contributed by atoms with Crippen molar-refractivity contribution in [1.29, 1.82) is 0 Å². The van der Waals surface area contributed by atoms with E-state index in [2.05, 4.69) is 15.3 Å². The van der Waals surface area contributed by atoms with E-state index in [9.17, 15) is 4.79 Å². The molecule has 0 radical (unpaired) electrons. The highest BCUT2D eigenvalue weighted by Gasteiger charge is 2.32. The fraction of sp³-hybridized carbons (Fsp3) is 0.688. The quantitative estimate of drug-likeness (QED) is 0.924. The van der Waals surface area contributed by atoms with Gasteiger partial charge in [-0.1, -0.05) is 0 Å². The molecule has 0 saturated heterocycles. The molecule has 2 saturated carbocycles. The minimum absolute atomic E-state index is 0.167. The predicted molar refractivity (Wildman–Crippen MR) is 79.0 cm³/mol. The maximum Gasteiger partial charge on any atom is 0.317 e. The molecule has 1 N–H and O–H groups in total. The Kier molecular flexibility index (Phi) is 4.08. The summed E-state index contributed by atoms with van der Waals surface area (Å²) >= 11 is 0. The second-order valence-electron chi connectivity index (χ2n) is 6.31. The van der Waals surface area contributed by atoms with Gasteiger partial charge in [-0.05, 0) is 58.4 Å². The summed E-state index contributed by atoms with van der Waals surface area (Å²) < 4.78 is 5.90. The van der Waals surface area contributed by atoms with Gasteiger partial charge in [0, 0.05) is 23.3 Å². The third-order valence-electron chi connectivity index (χ3n) is 4.20. The highest BCUT2D eigenvalue weighted by molar-refractivity contribution is 5.81. The summed E-state index contributed by atoms with van der Waals surface area (Å²) in [5.74, 6) is 0.541. The lowest BCUT2D eigenvalue weighted by Gasteiger charge is -2.29. The number of nitrogens with zero attached hydrogens (tertiary/aromatic N) is 2. The summed E-state index contributed by atoms with van der Waals surface area (Å²) in [5.41, 5.74) is 1.87. The van der Waals surface area contributed by atoms with Crippen molar-refractivity contribution in [2.75, 3.05) is 0 Å². The second kappa shape index (κ2) is 6.00. The van der Waals surface area contributed by atoms with Crippen LogP contribution in [0.3, 0.4) is 0 Å². The standard InChI is InChI=1S/C16H23N3O2/c1-10-9-11(2)18-16(17-10)21-14-7-5-13(6-8-14)19-15(20)12-3-4-12/h9,12-14H,3-8H2,1-2H3,(H,19,20). The van der Waals surface area contributed by atoms with Crippen LogP contribution in [0.1, 0.15) is 49.9 Å². The Labute approximate surface area is 125 Å². The lowest BCUT2D eigenvalue weighted by molar-refractivity contribution is -0.123. The van der Waals surface area contributed by atoms with Crippen molar-refractivity contribution in [3.8, 4) is 6.01 Å². The van der Waals surface area contributed by atoms with E-state index < -0.39 is 0 Å². The van der Waals surface area contributed by atoms with E-state index in [4.69, 9.17) is 4.74 Å². The van der Waals surface area contributed by atoms with Gasteiger partial charge in [0.2, 0.25) is 5.91 Å². The van der Waals surface area contributed by atoms with Gasteiger partial charge in [-0.15, -0.1) is 0 Å². The van der Waals surface area contributed by atoms with Gasteiger partial charge in [-0.2, -0.15) is 0 Å². The lowest BCUT2D eigenvalue weighted by atomic mass is 9.93. The number of aromatic nitrogens is 2. The fourth-order valence-electron chi connectivity index (χ4n) is 2.88. The third-order valence-corrected chi connectivity index (χ3v) is 4.20. The molecule has 0 bridgehead atoms. The first kappa shape index (κ1) is 14.3. The van der Waals surface area contributed by atoms with E-state index in [1.807, 2.05) is 19.9 Å². The third kappa shape index (κ3) is 3.93. The lowest BCUT2D eigenvalue weighted by Crippen LogP contribution is -2.40. The van der Waals surface area contributed by atoms with E-state index in [1.54, 1.807) is 0 Å². The van der Waals surface area contributed by atoms with Gasteiger partial charge in [0.25, 0.3) is 0 Å². The SMILES string of the molecule is Cc1cc(C)nc(OC2CCC(NC(=O)C3CC3)CC2)n1. The zero-order valence-corrected chi connectivity index (χ0v) is 12.8. The van der Waals surface area contributed by atoms with E-state index in [-0.39, 0.29) is 12.0 Å². The van der Waals surface area contributed by atoms with Gasteiger partial charge in [-0.3, -0.25) is 4.79 Å². The Morgan fingerprint density at radius 2 is 1.71 bits per heavy atom. The average Bonchev–Trinajstić information content (AvgIpc) is 3.24. The second-order valence-corrected chi connectivity index (χ2v) is 6.31. The van der Waals surface area contributed by atoms with Gasteiger partial charge >= 0.3 is 6.01 Å². The molecule has 0 unspecified atom stereocenters. The van der Waals surface area contributed by atoms with Crippen molar-refractivity contribution in [1.82, 2.24) is 15.3 Å². The summed E-state index contributed by atoms with van der Waals surface area (Å²) in [6, 6.07) is 2.74. The Balaban J connectivity index is 1.47. The van der Waals surface area contributed by atoms with Crippen molar-refractivity contribution >= 4 is 5.91 Å². The van der Waals surface area contributed by atoms with Crippen LogP contribution in [0.5, 0.6) is 6.01 Å². The summed E-state index contributed by atoms with van der Waals surface area (Å²) in [6.07, 6.45) is 6.16. The molecule has 0 aromatic carbocycles. The molecular formula is C16H23N3O2. The molecule has 1 aromatic rings. The number of hydrogen-bond acceptors (Lipinski definition) is 4. The van der Waals surface area contributed by atoms with E-state index in [0.717, 1.165) is 49.9 Å². The Morgan fingerprint density at radius 1 is 1.10 bits per heavy atom. The molecule has 2 fully saturated rings. The highest BCUT2D eigenvalue weighted by atomic mass is 16.5. The highest BCUT2D eigenvalue weighted by Crippen LogP contribution is 2.30. The zero-order valence-electron chi connectivity index (χ0n) is 12.8. The minimum Gasteiger partial charge on any atom is -0.460 e. The maximum absolute atomic E-state index is 11.8. The monoisotopic (exact) mass is 289 g/mol. The number of rotatable bonds is 4. The molecule has 0 atom stereocenters. The van der Waals surface area contributed by atoms with E-state index in [0.29, 0.717) is 18.0 Å². The molecule has 1 amide bonds. The van der Waals surface area contributed by atoms with Crippen molar-refractivity contribution in [2.45, 2.75) is 64.5 Å². The van der Waals surface area contributed by atoms with E-state index in [1.165, 1.54) is 0 Å². The van der Waals surface area contributed by atoms with Crippen LogP contribution in [-0.4, -0.2) is 28.0 Å². The van der Waals surface area contributed by atoms with Gasteiger partial charge < -0.3 is 10.1 Å². The maximum atomic E-state index is 11.8. The largest absolute Gasteiger partial charge is 0.460 e. The molecule has 5 heteroatoms. The molecule has 2 aliphatic carbocycles. The predicted octanol–water partition coefficient (Wildman–Crippen LogP) is 2.31. The van der Waals surface area contributed by atoms with Gasteiger partial charge in [0.15, 0.2) is 0 Å². The first-order valence-corrected chi connectivity index (χ1v) is 7.89. The number of ether oxygens (including phenoxy) is 1. The van der Waals surface area contributed by atoms with Gasteiger partial charge in [0.05, 0.1) is 0 Å². The molecule has 0 aliphatic heterocycles. The minimum atomic E-state index is 0.167. The molecule has 1 aromatic heterocycles. The van der Waals surface area contributed by atoms with Crippen molar-refractivity contribution in [2.24, 2.45) is 5.92 Å². The van der Waals surface area contributed by atoms with Crippen LogP contribution < -0.4 is 10.1 Å². The number of carbonyl (C=O) groups excluding carboxylic acids is 1. The van der Waals surface area contributed by atoms with Crippen LogP contribution in [0.4, 0.5) is 0 Å². The molecule has 0 spiro atoms. The molecule has 1 heterocycles. The molecule has 21 heavy (non-hydrogen) atoms. The summed E-state index contributed by atoms with van der Waals surface area (Å²) in [4.78, 5) is 20.4. The van der Waals surface area contributed by atoms with Crippen molar-refractivity contribution < 1.29 is 9.53 Å². The molecule has 114 valence electrons. The molecular weight excluding hydrogens is 266 g/mol. The van der Waals surface area contributed by atoms with Crippen molar-refractivity contribution in [3.63, 3.8) is 0 Å². The number of nitrogens with one attached hydrogen (secondary N) is 1. The van der Waals surface area contributed by atoms with Gasteiger partial charge in [-0.25, -0.2) is 9.97 Å². The summed E-state index contributed by atoms with van der Waals surface area (Å²) in [6.45, 7) is 3.90.